The highest BCUT2D eigenvalue weighted by Crippen LogP contribution is 2.43. The van der Waals surface area contributed by atoms with Gasteiger partial charge in [0.05, 0.1) is 5.69 Å². The number of ketones is 1. The molecule has 3 unspecified atom stereocenters. The number of rotatable bonds is 5. The van der Waals surface area contributed by atoms with Gasteiger partial charge in [-0.15, -0.1) is 0 Å². The second kappa shape index (κ2) is 7.42. The minimum absolute atomic E-state index is 0.233. The topological polar surface area (TPSA) is 86.5 Å². The van der Waals surface area contributed by atoms with Crippen LogP contribution in [-0.4, -0.2) is 42.9 Å². The average molecular weight is 430 g/mol. The van der Waals surface area contributed by atoms with Crippen LogP contribution in [0.4, 0.5) is 0 Å². The first-order chi connectivity index (χ1) is 14.1. The number of carbonyl (C=O) groups is 1. The van der Waals surface area contributed by atoms with E-state index in [1.165, 1.54) is 20.2 Å². The van der Waals surface area contributed by atoms with Crippen molar-refractivity contribution in [3.05, 3.63) is 59.1 Å². The summed E-state index contributed by atoms with van der Waals surface area (Å²) in [5.41, 5.74) is 0.989. The molecule has 0 amide bonds. The Balaban J connectivity index is 1.72. The van der Waals surface area contributed by atoms with Gasteiger partial charge < -0.3 is 19.1 Å². The van der Waals surface area contributed by atoms with Gasteiger partial charge in [-0.25, -0.2) is 9.97 Å². The highest BCUT2D eigenvalue weighted by Gasteiger charge is 2.53. The van der Waals surface area contributed by atoms with E-state index < -0.39 is 23.7 Å². The molecule has 8 heteroatoms. The predicted molar refractivity (Wildman–Crippen MR) is 112 cm³/mol. The van der Waals surface area contributed by atoms with Crippen LogP contribution >= 0.6 is 11.6 Å². The first-order valence-corrected chi connectivity index (χ1v) is 10.1. The fourth-order valence-corrected chi connectivity index (χ4v) is 4.19. The van der Waals surface area contributed by atoms with E-state index in [0.717, 1.165) is 16.7 Å². The van der Waals surface area contributed by atoms with Gasteiger partial charge in [0, 0.05) is 28.6 Å². The molecule has 30 heavy (non-hydrogen) atoms. The number of Topliss-reactive ketones (excluding diaryl/α,β-unsaturated/α-hetero) is 1. The summed E-state index contributed by atoms with van der Waals surface area (Å²) in [7, 11) is 0. The number of hydrogen-bond donors (Lipinski definition) is 1. The Morgan fingerprint density at radius 2 is 2.00 bits per heavy atom. The van der Waals surface area contributed by atoms with Gasteiger partial charge in [0.2, 0.25) is 0 Å². The molecule has 1 aromatic carbocycles. The molecule has 1 aliphatic rings. The summed E-state index contributed by atoms with van der Waals surface area (Å²) in [5, 5.41) is 11.8. The van der Waals surface area contributed by atoms with Crippen molar-refractivity contribution in [1.82, 2.24) is 14.5 Å². The number of carbonyl (C=O) groups excluding carboxylic acids is 1. The summed E-state index contributed by atoms with van der Waals surface area (Å²) >= 11 is 5.96. The van der Waals surface area contributed by atoms with Gasteiger partial charge in [-0.2, -0.15) is 0 Å². The number of aromatic nitrogens is 3. The van der Waals surface area contributed by atoms with Crippen LogP contribution < -0.4 is 0 Å². The second-order valence-electron chi connectivity index (χ2n) is 8.33. The van der Waals surface area contributed by atoms with Crippen LogP contribution in [0.15, 0.2) is 42.9 Å². The molecule has 3 atom stereocenters. The molecule has 0 radical (unpaired) electrons. The standard InChI is InChI=1S/C22H24ClN3O4/c1-13-16-9-10-26(20(16)25-12-24-13)17-11-22(4,30-21(2,3)28)19(29-17)18(27)14-5-7-15(23)8-6-14/h5-10,12,17,19,28H,11H2,1-4H3. The quantitative estimate of drug-likeness (QED) is 0.486. The Morgan fingerprint density at radius 3 is 2.67 bits per heavy atom. The molecule has 3 aromatic rings. The Hall–Kier alpha value is -2.32. The molecular weight excluding hydrogens is 406 g/mol. The van der Waals surface area contributed by atoms with Gasteiger partial charge in [-0.1, -0.05) is 11.6 Å². The van der Waals surface area contributed by atoms with E-state index in [0.29, 0.717) is 17.0 Å². The molecule has 0 saturated carbocycles. The van der Waals surface area contributed by atoms with Crippen molar-refractivity contribution < 1.29 is 19.4 Å². The third-order valence-corrected chi connectivity index (χ3v) is 5.55. The molecule has 2 aromatic heterocycles. The maximum absolute atomic E-state index is 13.3. The van der Waals surface area contributed by atoms with E-state index >= 15 is 0 Å². The van der Waals surface area contributed by atoms with Crippen LogP contribution in [-0.2, 0) is 9.47 Å². The van der Waals surface area contributed by atoms with Crippen LogP contribution in [0.5, 0.6) is 0 Å². The molecule has 158 valence electrons. The summed E-state index contributed by atoms with van der Waals surface area (Å²) in [6.45, 7) is 6.78. The molecule has 4 rings (SSSR count). The summed E-state index contributed by atoms with van der Waals surface area (Å²) in [5.74, 6) is -1.67. The van der Waals surface area contributed by atoms with Gasteiger partial charge in [-0.3, -0.25) is 4.79 Å². The Bertz CT molecular complexity index is 1090. The maximum Gasteiger partial charge on any atom is 0.194 e. The number of aliphatic hydroxyl groups is 1. The third kappa shape index (κ3) is 3.86. The number of hydrogen-bond acceptors (Lipinski definition) is 6. The average Bonchev–Trinajstić information content (AvgIpc) is 3.22. The first-order valence-electron chi connectivity index (χ1n) is 9.73. The molecule has 0 aliphatic carbocycles. The van der Waals surface area contributed by atoms with Gasteiger partial charge in [-0.05, 0) is 58.0 Å². The van der Waals surface area contributed by atoms with Gasteiger partial charge in [0.15, 0.2) is 17.7 Å². The lowest BCUT2D eigenvalue weighted by atomic mass is 9.90. The van der Waals surface area contributed by atoms with Crippen LogP contribution in [0.2, 0.25) is 5.02 Å². The maximum atomic E-state index is 13.3. The van der Waals surface area contributed by atoms with Crippen LogP contribution in [0.25, 0.3) is 11.0 Å². The zero-order chi connectivity index (χ0) is 21.7. The van der Waals surface area contributed by atoms with Crippen molar-refractivity contribution in [2.45, 2.75) is 57.8 Å². The summed E-state index contributed by atoms with van der Waals surface area (Å²) in [4.78, 5) is 21.9. The minimum atomic E-state index is -1.44. The van der Waals surface area contributed by atoms with E-state index in [9.17, 15) is 9.90 Å². The monoisotopic (exact) mass is 429 g/mol. The smallest absolute Gasteiger partial charge is 0.194 e. The Kier molecular flexibility index (Phi) is 5.18. The van der Waals surface area contributed by atoms with Crippen LogP contribution in [0, 0.1) is 6.92 Å². The molecule has 0 spiro atoms. The Labute approximate surface area is 179 Å². The Morgan fingerprint density at radius 1 is 1.30 bits per heavy atom. The normalized spacial score (nSPS) is 24.5. The summed E-state index contributed by atoms with van der Waals surface area (Å²) in [6, 6.07) is 8.57. The van der Waals surface area contributed by atoms with Gasteiger partial charge >= 0.3 is 0 Å². The molecule has 3 heterocycles. The van der Waals surface area contributed by atoms with Crippen molar-refractivity contribution in [3.63, 3.8) is 0 Å². The SMILES string of the molecule is Cc1ncnc2c1ccn2C1CC(C)(OC(C)(C)O)C(C(=O)c2ccc(Cl)cc2)O1. The number of halogens is 1. The van der Waals surface area contributed by atoms with Crippen molar-refractivity contribution >= 4 is 28.4 Å². The van der Waals surface area contributed by atoms with Crippen molar-refractivity contribution in [2.75, 3.05) is 0 Å². The lowest BCUT2D eigenvalue weighted by Crippen LogP contribution is -2.48. The molecular formula is C22H24ClN3O4. The number of nitrogens with zero attached hydrogens (tertiary/aromatic N) is 3. The number of ether oxygens (including phenoxy) is 2. The third-order valence-electron chi connectivity index (χ3n) is 5.30. The van der Waals surface area contributed by atoms with E-state index in [1.807, 2.05) is 23.8 Å². The lowest BCUT2D eigenvalue weighted by molar-refractivity contribution is -0.246. The predicted octanol–water partition coefficient (Wildman–Crippen LogP) is 4.07. The van der Waals surface area contributed by atoms with Gasteiger partial charge in [0.25, 0.3) is 0 Å². The molecule has 1 N–H and O–H groups in total. The van der Waals surface area contributed by atoms with Crippen LogP contribution in [0.3, 0.4) is 0 Å². The molecule has 1 aliphatic heterocycles. The lowest BCUT2D eigenvalue weighted by Gasteiger charge is -2.34. The second-order valence-corrected chi connectivity index (χ2v) is 8.76. The van der Waals surface area contributed by atoms with Crippen molar-refractivity contribution in [1.29, 1.82) is 0 Å². The van der Waals surface area contributed by atoms with E-state index in [4.69, 9.17) is 21.1 Å². The highest BCUT2D eigenvalue weighted by molar-refractivity contribution is 6.30. The first kappa shape index (κ1) is 20.9. The van der Waals surface area contributed by atoms with Crippen LogP contribution in [0.1, 0.15) is 49.5 Å². The zero-order valence-electron chi connectivity index (χ0n) is 17.3. The molecule has 0 bridgehead atoms. The number of aryl methyl sites for hydroxylation is 1. The van der Waals surface area contributed by atoms with Crippen molar-refractivity contribution in [2.24, 2.45) is 0 Å². The van der Waals surface area contributed by atoms with E-state index in [2.05, 4.69) is 9.97 Å². The largest absolute Gasteiger partial charge is 0.366 e. The van der Waals surface area contributed by atoms with Crippen molar-refractivity contribution in [3.8, 4) is 0 Å². The summed E-state index contributed by atoms with van der Waals surface area (Å²) in [6.07, 6.45) is 2.32. The number of benzene rings is 1. The van der Waals surface area contributed by atoms with E-state index in [1.54, 1.807) is 31.2 Å². The minimum Gasteiger partial charge on any atom is -0.366 e. The molecule has 7 nitrogen and oxygen atoms in total. The number of fused-ring (bicyclic) bond motifs is 1. The molecule has 1 saturated heterocycles. The zero-order valence-corrected chi connectivity index (χ0v) is 18.1. The summed E-state index contributed by atoms with van der Waals surface area (Å²) < 4.78 is 14.1. The fourth-order valence-electron chi connectivity index (χ4n) is 4.07. The fraction of sp³-hybridized carbons (Fsp3) is 0.409. The van der Waals surface area contributed by atoms with E-state index in [-0.39, 0.29) is 5.78 Å². The highest BCUT2D eigenvalue weighted by atomic mass is 35.5. The molecule has 1 fully saturated rings. The van der Waals surface area contributed by atoms with Gasteiger partial charge in [0.1, 0.15) is 23.8 Å².